The van der Waals surface area contributed by atoms with Crippen LogP contribution in [0, 0.1) is 0 Å². The molecule has 0 unspecified atom stereocenters. The van der Waals surface area contributed by atoms with Gasteiger partial charge in [0.2, 0.25) is 0 Å². The van der Waals surface area contributed by atoms with Crippen LogP contribution in [0.15, 0.2) is 36.8 Å². The average Bonchev–Trinajstić information content (AvgIpc) is 2.71. The molecule has 1 aliphatic heterocycles. The Morgan fingerprint density at radius 3 is 2.59 bits per heavy atom. The maximum atomic E-state index is 13.4. The fourth-order valence-electron chi connectivity index (χ4n) is 3.57. The van der Waals surface area contributed by atoms with E-state index in [1.165, 1.54) is 18.3 Å². The van der Waals surface area contributed by atoms with Crippen LogP contribution in [-0.2, 0) is 6.18 Å². The van der Waals surface area contributed by atoms with Crippen molar-refractivity contribution in [1.82, 2.24) is 19.9 Å². The molecule has 2 aromatic heterocycles. The number of alkyl halides is 3. The molecule has 0 aliphatic carbocycles. The molecule has 8 nitrogen and oxygen atoms in total. The van der Waals surface area contributed by atoms with Crippen molar-refractivity contribution >= 4 is 34.4 Å². The number of nitrogens with zero attached hydrogens (tertiary/aromatic N) is 5. The summed E-state index contributed by atoms with van der Waals surface area (Å²) in [6.45, 7) is 1.73. The predicted octanol–water partition coefficient (Wildman–Crippen LogP) is 3.44. The Hall–Kier alpha value is -3.02. The normalized spacial score (nSPS) is 15.4. The number of nitrogens with two attached hydrogens (primary N) is 1. The number of halogens is 4. The molecular formula is C20H18ClF3N6O2. The summed E-state index contributed by atoms with van der Waals surface area (Å²) in [5, 5.41) is 11.5. The van der Waals surface area contributed by atoms with Crippen molar-refractivity contribution in [3.63, 3.8) is 0 Å². The van der Waals surface area contributed by atoms with Gasteiger partial charge in [-0.05, 0) is 43.3 Å². The van der Waals surface area contributed by atoms with Crippen molar-refractivity contribution in [2.75, 3.05) is 24.7 Å². The zero-order valence-electron chi connectivity index (χ0n) is 16.6. The van der Waals surface area contributed by atoms with E-state index in [-0.39, 0.29) is 34.5 Å². The lowest BCUT2D eigenvalue weighted by Gasteiger charge is -2.37. The number of hydrogen-bond donors (Lipinski definition) is 2. The summed E-state index contributed by atoms with van der Waals surface area (Å²) < 4.78 is 40.3. The zero-order valence-corrected chi connectivity index (χ0v) is 17.3. The van der Waals surface area contributed by atoms with Crippen LogP contribution in [0.25, 0.3) is 11.0 Å². The lowest BCUT2D eigenvalue weighted by atomic mass is 10.0. The smallest absolute Gasteiger partial charge is 0.366 e. The summed E-state index contributed by atoms with van der Waals surface area (Å²) in [7, 11) is 0. The van der Waals surface area contributed by atoms with Crippen molar-refractivity contribution in [3.8, 4) is 0 Å². The number of hydrogen-bond acceptors (Lipinski definition) is 7. The Morgan fingerprint density at radius 2 is 1.97 bits per heavy atom. The molecule has 1 saturated heterocycles. The average molecular weight is 467 g/mol. The summed E-state index contributed by atoms with van der Waals surface area (Å²) in [5.74, 6) is -0.802. The lowest BCUT2D eigenvalue weighted by molar-refractivity contribution is -0.137. The second kappa shape index (κ2) is 8.49. The van der Waals surface area contributed by atoms with Gasteiger partial charge in [-0.3, -0.25) is 15.0 Å². The highest BCUT2D eigenvalue weighted by molar-refractivity contribution is 6.31. The van der Waals surface area contributed by atoms with Gasteiger partial charge < -0.3 is 10.6 Å². The molecule has 1 aromatic carbocycles. The van der Waals surface area contributed by atoms with Gasteiger partial charge in [0.15, 0.2) is 5.82 Å². The van der Waals surface area contributed by atoms with E-state index in [0.29, 0.717) is 0 Å². The fourth-order valence-corrected chi connectivity index (χ4v) is 3.79. The van der Waals surface area contributed by atoms with Crippen molar-refractivity contribution < 1.29 is 23.2 Å². The number of hydroxylamine groups is 1. The van der Waals surface area contributed by atoms with Crippen LogP contribution in [0.5, 0.6) is 0 Å². The number of aromatic nitrogens is 3. The lowest BCUT2D eigenvalue weighted by Crippen LogP contribution is -2.44. The first-order chi connectivity index (χ1) is 15.2. The van der Waals surface area contributed by atoms with E-state index in [4.69, 9.17) is 17.3 Å². The van der Waals surface area contributed by atoms with Crippen LogP contribution < -0.4 is 10.8 Å². The summed E-state index contributed by atoms with van der Waals surface area (Å²) in [6.07, 6.45) is -1.27. The second-order valence-electron chi connectivity index (χ2n) is 7.37. The molecule has 1 atom stereocenters. The molecule has 1 fully saturated rings. The quantitative estimate of drug-likeness (QED) is 0.536. The number of carbonyl (C=O) groups excluding carboxylic acids is 1. The summed E-state index contributed by atoms with van der Waals surface area (Å²) >= 11 is 5.77. The van der Waals surface area contributed by atoms with Crippen molar-refractivity contribution in [2.24, 2.45) is 5.73 Å². The van der Waals surface area contributed by atoms with Crippen molar-refractivity contribution in [1.29, 1.82) is 0 Å². The van der Waals surface area contributed by atoms with Gasteiger partial charge in [0, 0.05) is 12.7 Å². The fraction of sp³-hybridized carbons (Fsp3) is 0.300. The third-order valence-electron chi connectivity index (χ3n) is 5.34. The summed E-state index contributed by atoms with van der Waals surface area (Å²) in [5.41, 5.74) is 4.87. The van der Waals surface area contributed by atoms with E-state index in [1.54, 1.807) is 0 Å². The van der Waals surface area contributed by atoms with Gasteiger partial charge in [-0.15, -0.1) is 0 Å². The summed E-state index contributed by atoms with van der Waals surface area (Å²) in [4.78, 5) is 26.0. The second-order valence-corrected chi connectivity index (χ2v) is 7.78. The number of fused-ring (bicyclic) bond motifs is 1. The number of anilines is 1. The van der Waals surface area contributed by atoms with Crippen molar-refractivity contribution in [2.45, 2.75) is 18.6 Å². The Bertz CT molecular complexity index is 1170. The third-order valence-corrected chi connectivity index (χ3v) is 5.67. The monoisotopic (exact) mass is 466 g/mol. The van der Waals surface area contributed by atoms with E-state index in [0.717, 1.165) is 43.0 Å². The molecule has 0 spiro atoms. The first kappa shape index (κ1) is 22.2. The standard InChI is InChI=1S/C20H18ClF3N6O2/c21-14-3-2-11(8-13(14)20(22,23)24)15(9-29-6-1-7-29)30(32)19-17-16(27-10-28-19)12(18(25)31)4-5-26-17/h2-5,8,10,15,32H,1,6-7,9H2,(H2,25,31)/t15-/m1/s1. The largest absolute Gasteiger partial charge is 0.417 e. The van der Waals surface area contributed by atoms with Gasteiger partial charge in [0.1, 0.15) is 17.4 Å². The first-order valence-corrected chi connectivity index (χ1v) is 10.0. The van der Waals surface area contributed by atoms with Gasteiger partial charge in [0.25, 0.3) is 5.91 Å². The van der Waals surface area contributed by atoms with E-state index in [2.05, 4.69) is 15.0 Å². The molecule has 4 rings (SSSR count). The molecule has 12 heteroatoms. The van der Waals surface area contributed by atoms with Crippen LogP contribution in [0.4, 0.5) is 19.0 Å². The zero-order chi connectivity index (χ0) is 23.0. The van der Waals surface area contributed by atoms with E-state index < -0.39 is 28.7 Å². The number of benzene rings is 1. The van der Waals surface area contributed by atoms with E-state index in [1.807, 2.05) is 4.90 Å². The third kappa shape index (κ3) is 4.18. The molecule has 1 aliphatic rings. The molecule has 3 aromatic rings. The molecule has 0 radical (unpaired) electrons. The molecule has 3 N–H and O–H groups in total. The highest BCUT2D eigenvalue weighted by atomic mass is 35.5. The van der Waals surface area contributed by atoms with Crippen LogP contribution >= 0.6 is 11.6 Å². The van der Waals surface area contributed by atoms with Gasteiger partial charge >= 0.3 is 6.18 Å². The van der Waals surface area contributed by atoms with Crippen LogP contribution in [0.3, 0.4) is 0 Å². The Labute approximate surface area is 185 Å². The Balaban J connectivity index is 1.82. The van der Waals surface area contributed by atoms with Crippen LogP contribution in [0.1, 0.15) is 33.9 Å². The van der Waals surface area contributed by atoms with Gasteiger partial charge in [-0.1, -0.05) is 17.7 Å². The highest BCUT2D eigenvalue weighted by Gasteiger charge is 2.35. The minimum absolute atomic E-state index is 0.0628. The number of amides is 1. The molecule has 0 saturated carbocycles. The number of carbonyl (C=O) groups is 1. The topological polar surface area (TPSA) is 108 Å². The van der Waals surface area contributed by atoms with Crippen LogP contribution in [0.2, 0.25) is 5.02 Å². The Kier molecular flexibility index (Phi) is 5.89. The molecule has 168 valence electrons. The minimum atomic E-state index is -4.66. The molecule has 0 bridgehead atoms. The molecule has 3 heterocycles. The Morgan fingerprint density at radius 1 is 1.22 bits per heavy atom. The highest BCUT2D eigenvalue weighted by Crippen LogP contribution is 2.38. The van der Waals surface area contributed by atoms with Crippen LogP contribution in [-0.4, -0.2) is 50.6 Å². The number of rotatable bonds is 6. The number of likely N-dealkylation sites (tertiary alicyclic amines) is 1. The SMILES string of the molecule is NC(=O)c1ccnc2c(N(O)[C@H](CN3CCC3)c3ccc(Cl)c(C(F)(F)F)c3)ncnc12. The summed E-state index contributed by atoms with van der Waals surface area (Å²) in [6, 6.07) is 3.96. The molecular weight excluding hydrogens is 449 g/mol. The number of pyridine rings is 1. The van der Waals surface area contributed by atoms with E-state index >= 15 is 0 Å². The van der Waals surface area contributed by atoms with E-state index in [9.17, 15) is 23.2 Å². The molecule has 32 heavy (non-hydrogen) atoms. The number of primary amides is 1. The van der Waals surface area contributed by atoms with Gasteiger partial charge in [-0.25, -0.2) is 15.0 Å². The predicted molar refractivity (Wildman–Crippen MR) is 110 cm³/mol. The van der Waals surface area contributed by atoms with Gasteiger partial charge in [0.05, 0.1) is 22.2 Å². The molecule has 1 amide bonds. The van der Waals surface area contributed by atoms with Gasteiger partial charge in [-0.2, -0.15) is 13.2 Å². The maximum absolute atomic E-state index is 13.4. The maximum Gasteiger partial charge on any atom is 0.417 e. The minimum Gasteiger partial charge on any atom is -0.366 e. The first-order valence-electron chi connectivity index (χ1n) is 9.63. The van der Waals surface area contributed by atoms with Crippen molar-refractivity contribution in [3.05, 3.63) is 58.5 Å².